The van der Waals surface area contributed by atoms with Gasteiger partial charge in [-0.25, -0.2) is 4.39 Å². The second-order valence-electron chi connectivity index (χ2n) is 6.02. The van der Waals surface area contributed by atoms with E-state index in [2.05, 4.69) is 16.3 Å². The van der Waals surface area contributed by atoms with Crippen LogP contribution in [-0.2, 0) is 0 Å². The van der Waals surface area contributed by atoms with Gasteiger partial charge in [-0.3, -0.25) is 10.5 Å². The topological polar surface area (TPSA) is 85.6 Å². The number of H-pyrrole nitrogens is 1. The van der Waals surface area contributed by atoms with Gasteiger partial charge < -0.3 is 4.74 Å². The molecule has 1 aliphatic heterocycles. The van der Waals surface area contributed by atoms with Crippen LogP contribution in [0.4, 0.5) is 4.39 Å². The summed E-state index contributed by atoms with van der Waals surface area (Å²) in [6.45, 7) is 0. The highest BCUT2D eigenvalue weighted by atomic mass is 35.5. The number of benzene rings is 2. The van der Waals surface area contributed by atoms with E-state index < -0.39 is 17.7 Å². The van der Waals surface area contributed by atoms with Crippen LogP contribution in [0.25, 0.3) is 11.3 Å². The SMILES string of the molecule is N#CC1C(=N)Oc2n[nH]c(-c3ccc(Cl)c(Cl)c3)c2C1c1ccccc1F. The zero-order valence-corrected chi connectivity index (χ0v) is 15.1. The normalized spacial score (nSPS) is 18.5. The highest BCUT2D eigenvalue weighted by molar-refractivity contribution is 6.42. The maximum absolute atomic E-state index is 14.6. The number of aromatic nitrogens is 2. The molecular weight excluding hydrogens is 390 g/mol. The molecule has 1 aliphatic rings. The van der Waals surface area contributed by atoms with Crippen molar-refractivity contribution in [3.8, 4) is 23.2 Å². The fourth-order valence-electron chi connectivity index (χ4n) is 3.25. The summed E-state index contributed by atoms with van der Waals surface area (Å²) in [5.41, 5.74) is 1.99. The molecule has 3 aromatic rings. The molecule has 2 unspecified atom stereocenters. The van der Waals surface area contributed by atoms with Crippen LogP contribution in [0.1, 0.15) is 17.0 Å². The fraction of sp³-hybridized carbons (Fsp3) is 0.105. The van der Waals surface area contributed by atoms with E-state index in [9.17, 15) is 9.65 Å². The first kappa shape index (κ1) is 17.5. The monoisotopic (exact) mass is 400 g/mol. The summed E-state index contributed by atoms with van der Waals surface area (Å²) < 4.78 is 20.0. The number of fused-ring (bicyclic) bond motifs is 1. The molecule has 2 N–H and O–H groups in total. The number of rotatable bonds is 2. The summed E-state index contributed by atoms with van der Waals surface area (Å²) in [5.74, 6) is -2.35. The van der Waals surface area contributed by atoms with Gasteiger partial charge in [0.05, 0.1) is 27.4 Å². The van der Waals surface area contributed by atoms with E-state index >= 15 is 0 Å². The Bertz CT molecular complexity index is 1110. The lowest BCUT2D eigenvalue weighted by atomic mass is 9.78. The van der Waals surface area contributed by atoms with Crippen LogP contribution in [-0.4, -0.2) is 16.1 Å². The molecule has 134 valence electrons. The standard InChI is InChI=1S/C19H11Cl2FN4O/c20-12-6-5-9(7-13(12)21)17-16-15(10-3-1-2-4-14(10)22)11(8-23)18(24)27-19(16)26-25-17/h1-7,11,15,24H,(H,25,26). The highest BCUT2D eigenvalue weighted by Gasteiger charge is 2.41. The number of nitrogens with one attached hydrogen (secondary N) is 2. The first-order valence-electron chi connectivity index (χ1n) is 7.95. The van der Waals surface area contributed by atoms with Gasteiger partial charge >= 0.3 is 0 Å². The number of aromatic amines is 1. The molecule has 0 spiro atoms. The third-order valence-corrected chi connectivity index (χ3v) is 5.23. The zero-order chi connectivity index (χ0) is 19.1. The van der Waals surface area contributed by atoms with Crippen molar-refractivity contribution in [1.82, 2.24) is 10.2 Å². The van der Waals surface area contributed by atoms with E-state index in [4.69, 9.17) is 33.3 Å². The Morgan fingerprint density at radius 1 is 1.19 bits per heavy atom. The molecule has 2 heterocycles. The lowest BCUT2D eigenvalue weighted by molar-refractivity contribution is 0.432. The van der Waals surface area contributed by atoms with Gasteiger partial charge in [0, 0.05) is 11.5 Å². The van der Waals surface area contributed by atoms with Crippen molar-refractivity contribution in [2.24, 2.45) is 5.92 Å². The molecule has 4 rings (SSSR count). The van der Waals surface area contributed by atoms with Gasteiger partial charge in [0.2, 0.25) is 11.8 Å². The molecule has 0 saturated heterocycles. The molecule has 0 amide bonds. The second-order valence-corrected chi connectivity index (χ2v) is 6.83. The van der Waals surface area contributed by atoms with E-state index in [0.29, 0.717) is 32.4 Å². The number of nitriles is 1. The minimum Gasteiger partial charge on any atom is -0.422 e. The number of hydrogen-bond acceptors (Lipinski definition) is 4. The Hall–Kier alpha value is -2.88. The van der Waals surface area contributed by atoms with E-state index in [1.54, 1.807) is 36.4 Å². The van der Waals surface area contributed by atoms with Gasteiger partial charge in [0.1, 0.15) is 11.7 Å². The Kier molecular flexibility index (Phi) is 4.34. The molecule has 2 atom stereocenters. The second kappa shape index (κ2) is 6.69. The number of halogens is 3. The average molecular weight is 401 g/mol. The Morgan fingerprint density at radius 2 is 1.96 bits per heavy atom. The molecule has 2 aromatic carbocycles. The van der Waals surface area contributed by atoms with Crippen molar-refractivity contribution in [3.05, 3.63) is 69.5 Å². The van der Waals surface area contributed by atoms with Crippen LogP contribution < -0.4 is 4.74 Å². The molecule has 5 nitrogen and oxygen atoms in total. The summed E-state index contributed by atoms with van der Waals surface area (Å²) >= 11 is 12.1. The Balaban J connectivity index is 1.97. The Labute approximate surface area is 163 Å². The van der Waals surface area contributed by atoms with Crippen molar-refractivity contribution >= 4 is 29.1 Å². The van der Waals surface area contributed by atoms with Crippen molar-refractivity contribution in [2.45, 2.75) is 5.92 Å². The molecule has 0 fully saturated rings. The number of ether oxygens (including phenoxy) is 1. The van der Waals surface area contributed by atoms with Gasteiger partial charge in [-0.15, -0.1) is 5.10 Å². The van der Waals surface area contributed by atoms with Crippen LogP contribution in [0, 0.1) is 28.5 Å². The predicted molar refractivity (Wildman–Crippen MR) is 99.7 cm³/mol. The van der Waals surface area contributed by atoms with Crippen molar-refractivity contribution in [2.75, 3.05) is 0 Å². The van der Waals surface area contributed by atoms with Crippen molar-refractivity contribution in [1.29, 1.82) is 10.7 Å². The molecule has 1 aromatic heterocycles. The maximum Gasteiger partial charge on any atom is 0.244 e. The molecule has 0 aliphatic carbocycles. The average Bonchev–Trinajstić information content (AvgIpc) is 3.07. The molecule has 0 bridgehead atoms. The summed E-state index contributed by atoms with van der Waals surface area (Å²) in [4.78, 5) is 0. The van der Waals surface area contributed by atoms with E-state index in [0.717, 1.165) is 0 Å². The fourth-order valence-corrected chi connectivity index (χ4v) is 3.55. The van der Waals surface area contributed by atoms with Gasteiger partial charge in [-0.1, -0.05) is 47.5 Å². The quantitative estimate of drug-likeness (QED) is 0.622. The molecule has 0 saturated carbocycles. The van der Waals surface area contributed by atoms with E-state index in [1.807, 2.05) is 0 Å². The minimum atomic E-state index is -0.992. The van der Waals surface area contributed by atoms with Crippen LogP contribution in [0.2, 0.25) is 10.0 Å². The van der Waals surface area contributed by atoms with Crippen molar-refractivity contribution < 1.29 is 9.13 Å². The zero-order valence-electron chi connectivity index (χ0n) is 13.6. The van der Waals surface area contributed by atoms with Gasteiger partial charge in [-0.2, -0.15) is 5.26 Å². The number of hydrogen-bond donors (Lipinski definition) is 2. The third-order valence-electron chi connectivity index (χ3n) is 4.49. The van der Waals surface area contributed by atoms with Gasteiger partial charge in [-0.05, 0) is 23.8 Å². The first-order valence-corrected chi connectivity index (χ1v) is 8.71. The summed E-state index contributed by atoms with van der Waals surface area (Å²) in [7, 11) is 0. The summed E-state index contributed by atoms with van der Waals surface area (Å²) in [6, 6.07) is 13.3. The highest BCUT2D eigenvalue weighted by Crippen LogP contribution is 2.46. The molecule has 27 heavy (non-hydrogen) atoms. The lowest BCUT2D eigenvalue weighted by Gasteiger charge is -2.28. The molecular formula is C19H11Cl2FN4O. The lowest BCUT2D eigenvalue weighted by Crippen LogP contribution is -2.31. The maximum atomic E-state index is 14.6. The molecule has 0 radical (unpaired) electrons. The van der Waals surface area contributed by atoms with Crippen LogP contribution in [0.5, 0.6) is 5.88 Å². The van der Waals surface area contributed by atoms with Crippen LogP contribution in [0.3, 0.4) is 0 Å². The van der Waals surface area contributed by atoms with Crippen molar-refractivity contribution in [3.63, 3.8) is 0 Å². The third kappa shape index (κ3) is 2.85. The largest absolute Gasteiger partial charge is 0.422 e. The smallest absolute Gasteiger partial charge is 0.244 e. The van der Waals surface area contributed by atoms with Gasteiger partial charge in [0.15, 0.2) is 0 Å². The van der Waals surface area contributed by atoms with Crippen LogP contribution >= 0.6 is 23.2 Å². The number of nitrogens with zero attached hydrogens (tertiary/aromatic N) is 2. The predicted octanol–water partition coefficient (Wildman–Crippen LogP) is 5.16. The minimum absolute atomic E-state index is 0.140. The molecule has 8 heteroatoms. The summed E-state index contributed by atoms with van der Waals surface area (Å²) in [5, 5.41) is 25.4. The summed E-state index contributed by atoms with van der Waals surface area (Å²) in [6.07, 6.45) is 0. The Morgan fingerprint density at radius 3 is 2.67 bits per heavy atom. The van der Waals surface area contributed by atoms with E-state index in [1.165, 1.54) is 6.07 Å². The van der Waals surface area contributed by atoms with E-state index in [-0.39, 0.29) is 11.8 Å². The van der Waals surface area contributed by atoms with Gasteiger partial charge in [0.25, 0.3) is 0 Å². The van der Waals surface area contributed by atoms with Crippen LogP contribution in [0.15, 0.2) is 42.5 Å². The first-order chi connectivity index (χ1) is 13.0.